The summed E-state index contributed by atoms with van der Waals surface area (Å²) < 4.78 is 31.4. The highest BCUT2D eigenvalue weighted by molar-refractivity contribution is 14.0. The van der Waals surface area contributed by atoms with Crippen molar-refractivity contribution in [2.75, 3.05) is 17.5 Å². The fraction of sp³-hybridized carbons (Fsp3) is 0.474. The number of aromatic nitrogens is 1. The van der Waals surface area contributed by atoms with Crippen molar-refractivity contribution < 1.29 is 12.8 Å². The van der Waals surface area contributed by atoms with Crippen molar-refractivity contribution in [3.05, 3.63) is 47.7 Å². The summed E-state index contributed by atoms with van der Waals surface area (Å²) >= 11 is 0. The minimum absolute atomic E-state index is 0. The second kappa shape index (κ2) is 10.8. The van der Waals surface area contributed by atoms with Crippen LogP contribution in [0.2, 0.25) is 0 Å². The van der Waals surface area contributed by atoms with Crippen molar-refractivity contribution >= 4 is 45.6 Å². The molecule has 2 rings (SSSR count). The lowest BCUT2D eigenvalue weighted by Gasteiger charge is -2.13. The minimum Gasteiger partial charge on any atom is -0.443 e. The Hall–Kier alpha value is -1.82. The van der Waals surface area contributed by atoms with E-state index in [1.807, 2.05) is 19.1 Å². The molecule has 0 unspecified atom stereocenters. The first kappa shape index (κ1) is 25.2. The number of benzene rings is 1. The summed E-state index contributed by atoms with van der Waals surface area (Å²) in [5.41, 5.74) is 1.20. The maximum absolute atomic E-state index is 11.5. The van der Waals surface area contributed by atoms with Gasteiger partial charge in [0.2, 0.25) is 15.9 Å². The lowest BCUT2D eigenvalue weighted by Crippen LogP contribution is -2.36. The zero-order valence-electron chi connectivity index (χ0n) is 17.4. The zero-order valence-corrected chi connectivity index (χ0v) is 20.6. The van der Waals surface area contributed by atoms with Crippen molar-refractivity contribution in [3.8, 4) is 0 Å². The molecule has 162 valence electrons. The molecule has 0 fully saturated rings. The molecular formula is C19H30IN5O3S. The Balaban J connectivity index is 0.00000420. The first-order valence-corrected chi connectivity index (χ1v) is 11.0. The van der Waals surface area contributed by atoms with Crippen LogP contribution in [-0.2, 0) is 28.5 Å². The van der Waals surface area contributed by atoms with Crippen LogP contribution in [0.25, 0.3) is 0 Å². The van der Waals surface area contributed by atoms with Crippen LogP contribution in [0.3, 0.4) is 0 Å². The summed E-state index contributed by atoms with van der Waals surface area (Å²) in [6.07, 6.45) is 2.87. The van der Waals surface area contributed by atoms with E-state index < -0.39 is 10.0 Å². The summed E-state index contributed by atoms with van der Waals surface area (Å²) in [5, 5.41) is 6.34. The molecule has 1 aromatic heterocycles. The van der Waals surface area contributed by atoms with Crippen LogP contribution < -0.4 is 15.4 Å². The Morgan fingerprint density at radius 3 is 2.48 bits per heavy atom. The van der Waals surface area contributed by atoms with Gasteiger partial charge in [0.25, 0.3) is 0 Å². The molecule has 0 saturated heterocycles. The Kier molecular flexibility index (Phi) is 9.40. The van der Waals surface area contributed by atoms with Crippen molar-refractivity contribution in [1.82, 2.24) is 15.6 Å². The van der Waals surface area contributed by atoms with Gasteiger partial charge < -0.3 is 15.1 Å². The maximum atomic E-state index is 11.5. The van der Waals surface area contributed by atoms with Gasteiger partial charge in [-0.15, -0.1) is 24.0 Å². The lowest BCUT2D eigenvalue weighted by atomic mass is 9.94. The highest BCUT2D eigenvalue weighted by Crippen LogP contribution is 2.22. The molecule has 8 nitrogen and oxygen atoms in total. The number of nitrogens with zero attached hydrogens (tertiary/aromatic N) is 2. The van der Waals surface area contributed by atoms with Gasteiger partial charge in [-0.2, -0.15) is 0 Å². The minimum atomic E-state index is -3.35. The summed E-state index contributed by atoms with van der Waals surface area (Å²) in [5.74, 6) is 1.99. The van der Waals surface area contributed by atoms with E-state index in [1.165, 1.54) is 0 Å². The molecule has 1 aromatic carbocycles. The van der Waals surface area contributed by atoms with E-state index in [-0.39, 0.29) is 29.4 Å². The van der Waals surface area contributed by atoms with E-state index in [0.717, 1.165) is 17.6 Å². The molecule has 1 heterocycles. The van der Waals surface area contributed by atoms with Gasteiger partial charge >= 0.3 is 0 Å². The highest BCUT2D eigenvalue weighted by atomic mass is 127. The van der Waals surface area contributed by atoms with Crippen LogP contribution in [0.5, 0.6) is 0 Å². The average molecular weight is 535 g/mol. The average Bonchev–Trinajstić information content (AvgIpc) is 3.06. The van der Waals surface area contributed by atoms with E-state index in [0.29, 0.717) is 37.2 Å². The van der Waals surface area contributed by atoms with Crippen LogP contribution in [0.15, 0.2) is 39.9 Å². The number of aliphatic imine (C=N–C) groups is 1. The van der Waals surface area contributed by atoms with Crippen molar-refractivity contribution in [1.29, 1.82) is 0 Å². The summed E-state index contributed by atoms with van der Waals surface area (Å²) in [4.78, 5) is 8.83. The van der Waals surface area contributed by atoms with Crippen LogP contribution in [-0.4, -0.2) is 32.2 Å². The number of guanidine groups is 1. The zero-order chi connectivity index (χ0) is 20.8. The predicted octanol–water partition coefficient (Wildman–Crippen LogP) is 3.22. The molecule has 2 aromatic rings. The quantitative estimate of drug-likeness (QED) is 0.286. The molecule has 0 aliphatic rings. The number of rotatable bonds is 7. The summed E-state index contributed by atoms with van der Waals surface area (Å²) in [6.45, 7) is 9.57. The van der Waals surface area contributed by atoms with Gasteiger partial charge in [0.15, 0.2) is 5.96 Å². The molecule has 0 amide bonds. The first-order chi connectivity index (χ1) is 13.1. The number of sulfonamides is 1. The molecule has 0 aliphatic carbocycles. The van der Waals surface area contributed by atoms with Gasteiger partial charge in [0, 0.05) is 12.0 Å². The number of halogens is 1. The fourth-order valence-corrected chi connectivity index (χ4v) is 2.96. The van der Waals surface area contributed by atoms with E-state index in [9.17, 15) is 8.42 Å². The summed E-state index contributed by atoms with van der Waals surface area (Å²) in [7, 11) is -3.35. The largest absolute Gasteiger partial charge is 0.443 e. The number of anilines is 1. The standard InChI is InChI=1S/C19H29N5O3S.HI/c1-6-20-18(23-13-17-21-12-16(27-17)19(2,3)4)22-11-14-9-7-8-10-15(14)24-28(5,25)26;/h7-10,12,24H,6,11,13H2,1-5H3,(H2,20,22,23);1H. The number of nitrogens with one attached hydrogen (secondary N) is 3. The molecule has 0 saturated carbocycles. The van der Waals surface area contributed by atoms with Gasteiger partial charge in [-0.25, -0.2) is 18.4 Å². The van der Waals surface area contributed by atoms with Gasteiger partial charge in [-0.1, -0.05) is 39.0 Å². The van der Waals surface area contributed by atoms with Crippen LogP contribution in [0.4, 0.5) is 5.69 Å². The van der Waals surface area contributed by atoms with E-state index >= 15 is 0 Å². The van der Waals surface area contributed by atoms with Crippen molar-refractivity contribution in [2.24, 2.45) is 4.99 Å². The van der Waals surface area contributed by atoms with E-state index in [4.69, 9.17) is 4.42 Å². The topological polar surface area (TPSA) is 109 Å². The lowest BCUT2D eigenvalue weighted by molar-refractivity contribution is 0.379. The van der Waals surface area contributed by atoms with Crippen molar-refractivity contribution in [3.63, 3.8) is 0 Å². The molecule has 3 N–H and O–H groups in total. The Labute approximate surface area is 190 Å². The molecule has 0 radical (unpaired) electrons. The van der Waals surface area contributed by atoms with E-state index in [2.05, 4.69) is 46.1 Å². The van der Waals surface area contributed by atoms with Gasteiger partial charge in [0.05, 0.1) is 31.2 Å². The third kappa shape index (κ3) is 8.60. The van der Waals surface area contributed by atoms with Gasteiger partial charge in [-0.05, 0) is 18.6 Å². The maximum Gasteiger partial charge on any atom is 0.229 e. The Bertz CT molecular complexity index is 920. The monoisotopic (exact) mass is 535 g/mol. The van der Waals surface area contributed by atoms with Gasteiger partial charge in [-0.3, -0.25) is 4.72 Å². The molecular weight excluding hydrogens is 505 g/mol. The number of para-hydroxylation sites is 1. The smallest absolute Gasteiger partial charge is 0.229 e. The van der Waals surface area contributed by atoms with Crippen LogP contribution >= 0.6 is 24.0 Å². The van der Waals surface area contributed by atoms with Crippen LogP contribution in [0, 0.1) is 0 Å². The molecule has 0 spiro atoms. The molecule has 0 bridgehead atoms. The molecule has 10 heteroatoms. The van der Waals surface area contributed by atoms with Crippen molar-refractivity contribution in [2.45, 2.75) is 46.2 Å². The Morgan fingerprint density at radius 1 is 1.21 bits per heavy atom. The third-order valence-corrected chi connectivity index (χ3v) is 4.35. The number of hydrogen-bond donors (Lipinski definition) is 3. The third-order valence-electron chi connectivity index (χ3n) is 3.76. The molecule has 29 heavy (non-hydrogen) atoms. The Morgan fingerprint density at radius 2 is 1.90 bits per heavy atom. The predicted molar refractivity (Wildman–Crippen MR) is 127 cm³/mol. The fourth-order valence-electron chi connectivity index (χ4n) is 2.36. The second-order valence-electron chi connectivity index (χ2n) is 7.45. The normalized spacial score (nSPS) is 12.2. The molecule has 0 aliphatic heterocycles. The molecule has 0 atom stereocenters. The summed E-state index contributed by atoms with van der Waals surface area (Å²) in [6, 6.07) is 7.18. The van der Waals surface area contributed by atoms with Gasteiger partial charge in [0.1, 0.15) is 5.76 Å². The highest BCUT2D eigenvalue weighted by Gasteiger charge is 2.19. The second-order valence-corrected chi connectivity index (χ2v) is 9.20. The number of oxazole rings is 1. The SMILES string of the molecule is CCNC(=NCc1ccccc1NS(C)(=O)=O)NCc1ncc(C(C)(C)C)o1.I. The van der Waals surface area contributed by atoms with Crippen LogP contribution in [0.1, 0.15) is 44.9 Å². The van der Waals surface area contributed by atoms with E-state index in [1.54, 1.807) is 18.3 Å². The number of hydrogen-bond acceptors (Lipinski definition) is 5. The first-order valence-electron chi connectivity index (χ1n) is 9.11.